The minimum absolute atomic E-state index is 0.163. The molecule has 27 heavy (non-hydrogen) atoms. The number of nitrogens with one attached hydrogen (secondary N) is 1. The van der Waals surface area contributed by atoms with E-state index in [1.54, 1.807) is 7.11 Å². The van der Waals surface area contributed by atoms with Crippen molar-refractivity contribution < 1.29 is 14.2 Å². The van der Waals surface area contributed by atoms with Gasteiger partial charge in [0.05, 0.1) is 13.7 Å². The summed E-state index contributed by atoms with van der Waals surface area (Å²) in [5.74, 6) is 2.89. The van der Waals surface area contributed by atoms with Gasteiger partial charge in [-0.3, -0.25) is 4.99 Å². The van der Waals surface area contributed by atoms with Gasteiger partial charge in [0, 0.05) is 12.0 Å². The molecule has 0 saturated carbocycles. The van der Waals surface area contributed by atoms with Crippen LogP contribution < -0.4 is 25.3 Å². The Hall–Kier alpha value is -2.89. The van der Waals surface area contributed by atoms with E-state index in [1.165, 1.54) is 5.56 Å². The molecule has 0 fully saturated rings. The van der Waals surface area contributed by atoms with Crippen LogP contribution in [0.5, 0.6) is 17.2 Å². The van der Waals surface area contributed by atoms with E-state index < -0.39 is 0 Å². The van der Waals surface area contributed by atoms with E-state index in [4.69, 9.17) is 19.9 Å². The average molecular weight is 369 g/mol. The first-order valence-corrected chi connectivity index (χ1v) is 9.05. The lowest BCUT2D eigenvalue weighted by atomic mass is 9.84. The Morgan fingerprint density at radius 3 is 2.63 bits per heavy atom. The first-order chi connectivity index (χ1) is 13.0. The molecule has 1 aliphatic rings. The van der Waals surface area contributed by atoms with Gasteiger partial charge >= 0.3 is 0 Å². The maximum atomic E-state index is 6.03. The number of aliphatic imine (C=N–C) groups is 1. The van der Waals surface area contributed by atoms with E-state index in [0.717, 1.165) is 35.8 Å². The van der Waals surface area contributed by atoms with Crippen LogP contribution in [0.25, 0.3) is 0 Å². The van der Waals surface area contributed by atoms with E-state index in [2.05, 4.69) is 42.4 Å². The van der Waals surface area contributed by atoms with Crippen LogP contribution in [0.3, 0.4) is 0 Å². The van der Waals surface area contributed by atoms with Gasteiger partial charge in [-0.2, -0.15) is 0 Å². The third-order valence-electron chi connectivity index (χ3n) is 4.68. The van der Waals surface area contributed by atoms with Crippen LogP contribution in [-0.2, 0) is 11.8 Å². The van der Waals surface area contributed by atoms with Crippen LogP contribution in [0.15, 0.2) is 47.5 Å². The second kappa shape index (κ2) is 8.20. The fourth-order valence-electron chi connectivity index (χ4n) is 2.87. The molecule has 144 valence electrons. The van der Waals surface area contributed by atoms with Crippen molar-refractivity contribution in [2.45, 2.75) is 25.7 Å². The van der Waals surface area contributed by atoms with Crippen LogP contribution in [0.4, 0.5) is 0 Å². The molecule has 0 amide bonds. The molecule has 0 bridgehead atoms. The van der Waals surface area contributed by atoms with Crippen LogP contribution in [-0.4, -0.2) is 33.0 Å². The van der Waals surface area contributed by atoms with Gasteiger partial charge in [0.15, 0.2) is 17.5 Å². The van der Waals surface area contributed by atoms with Gasteiger partial charge in [-0.25, -0.2) is 0 Å². The van der Waals surface area contributed by atoms with Crippen LogP contribution in [0, 0.1) is 0 Å². The van der Waals surface area contributed by atoms with Crippen LogP contribution in [0.1, 0.15) is 25.0 Å². The lowest BCUT2D eigenvalue weighted by Gasteiger charge is -2.23. The fourth-order valence-corrected chi connectivity index (χ4v) is 2.87. The van der Waals surface area contributed by atoms with Crippen molar-refractivity contribution >= 4 is 5.96 Å². The van der Waals surface area contributed by atoms with Gasteiger partial charge in [0.25, 0.3) is 0 Å². The molecule has 3 N–H and O–H groups in total. The summed E-state index contributed by atoms with van der Waals surface area (Å²) in [5, 5.41) is 3.18. The van der Waals surface area contributed by atoms with Gasteiger partial charge in [0.2, 0.25) is 6.79 Å². The topological polar surface area (TPSA) is 78.1 Å². The summed E-state index contributed by atoms with van der Waals surface area (Å²) in [6, 6.07) is 14.0. The Labute approximate surface area is 160 Å². The van der Waals surface area contributed by atoms with E-state index in [0.29, 0.717) is 12.5 Å². The predicted molar refractivity (Wildman–Crippen MR) is 107 cm³/mol. The van der Waals surface area contributed by atoms with Gasteiger partial charge < -0.3 is 25.3 Å². The first kappa shape index (κ1) is 18.9. The van der Waals surface area contributed by atoms with Gasteiger partial charge in [0.1, 0.15) is 5.75 Å². The highest BCUT2D eigenvalue weighted by Crippen LogP contribution is 2.36. The van der Waals surface area contributed by atoms with Crippen molar-refractivity contribution in [3.05, 3.63) is 53.6 Å². The molecule has 3 rings (SSSR count). The van der Waals surface area contributed by atoms with Crippen molar-refractivity contribution in [1.82, 2.24) is 5.32 Å². The normalized spacial score (nSPS) is 13.5. The maximum absolute atomic E-state index is 6.03. The number of ether oxygens (including phenoxy) is 3. The zero-order valence-electron chi connectivity index (χ0n) is 16.1. The molecule has 0 spiro atoms. The summed E-state index contributed by atoms with van der Waals surface area (Å²) in [7, 11) is 1.67. The number of hydrogen-bond acceptors (Lipinski definition) is 4. The molecule has 0 aliphatic carbocycles. The predicted octanol–water partition coefficient (Wildman–Crippen LogP) is 2.85. The third-order valence-corrected chi connectivity index (χ3v) is 4.68. The fraction of sp³-hybridized carbons (Fsp3) is 0.381. The number of hydrogen-bond donors (Lipinski definition) is 2. The molecule has 0 radical (unpaired) electrons. The molecule has 0 aromatic heterocycles. The van der Waals surface area contributed by atoms with E-state index in [9.17, 15) is 0 Å². The summed E-state index contributed by atoms with van der Waals surface area (Å²) in [6.07, 6.45) is 0.867. The Kier molecular flexibility index (Phi) is 5.74. The first-order valence-electron chi connectivity index (χ1n) is 9.05. The van der Waals surface area contributed by atoms with Crippen molar-refractivity contribution in [1.29, 1.82) is 0 Å². The monoisotopic (exact) mass is 369 g/mol. The van der Waals surface area contributed by atoms with Crippen molar-refractivity contribution in [2.24, 2.45) is 10.7 Å². The Morgan fingerprint density at radius 2 is 1.89 bits per heavy atom. The van der Waals surface area contributed by atoms with Crippen molar-refractivity contribution in [3.8, 4) is 17.2 Å². The highest BCUT2D eigenvalue weighted by Gasteiger charge is 2.23. The van der Waals surface area contributed by atoms with E-state index in [1.807, 2.05) is 24.3 Å². The summed E-state index contributed by atoms with van der Waals surface area (Å²) in [4.78, 5) is 4.52. The second-order valence-corrected chi connectivity index (χ2v) is 7.18. The zero-order valence-corrected chi connectivity index (χ0v) is 16.1. The minimum atomic E-state index is -0.163. The smallest absolute Gasteiger partial charge is 0.231 e. The molecule has 1 aliphatic heterocycles. The summed E-state index contributed by atoms with van der Waals surface area (Å²) >= 11 is 0. The number of methoxy groups -OCH3 is 1. The molecule has 0 atom stereocenters. The second-order valence-electron chi connectivity index (χ2n) is 7.18. The number of guanidine groups is 1. The largest absolute Gasteiger partial charge is 0.497 e. The van der Waals surface area contributed by atoms with Gasteiger partial charge in [-0.05, 0) is 41.8 Å². The maximum Gasteiger partial charge on any atom is 0.231 e. The lowest BCUT2D eigenvalue weighted by molar-refractivity contribution is 0.174. The Morgan fingerprint density at radius 1 is 1.15 bits per heavy atom. The Balaban J connectivity index is 1.51. The van der Waals surface area contributed by atoms with Gasteiger partial charge in [-0.1, -0.05) is 32.0 Å². The lowest BCUT2D eigenvalue weighted by Crippen LogP contribution is -2.35. The quantitative estimate of drug-likeness (QED) is 0.580. The number of fused-ring (bicyclic) bond motifs is 1. The highest BCUT2D eigenvalue weighted by molar-refractivity contribution is 5.77. The molecule has 0 saturated heterocycles. The van der Waals surface area contributed by atoms with Crippen LogP contribution >= 0.6 is 0 Å². The number of nitrogens with two attached hydrogens (primary N) is 1. The molecule has 6 nitrogen and oxygen atoms in total. The SMILES string of the molecule is COc1ccc(CCNC(N)=NCC(C)(C)c2ccc3c(c2)OCO3)cc1. The minimum Gasteiger partial charge on any atom is -0.497 e. The third kappa shape index (κ3) is 4.84. The van der Waals surface area contributed by atoms with E-state index >= 15 is 0 Å². The zero-order chi connectivity index (χ0) is 19.3. The molecular weight excluding hydrogens is 342 g/mol. The Bertz CT molecular complexity index is 801. The number of rotatable bonds is 7. The van der Waals surface area contributed by atoms with Crippen molar-refractivity contribution in [3.63, 3.8) is 0 Å². The van der Waals surface area contributed by atoms with Crippen LogP contribution in [0.2, 0.25) is 0 Å². The summed E-state index contributed by atoms with van der Waals surface area (Å²) in [5.41, 5.74) is 8.23. The highest BCUT2D eigenvalue weighted by atomic mass is 16.7. The van der Waals surface area contributed by atoms with E-state index in [-0.39, 0.29) is 12.2 Å². The molecular formula is C21H27N3O3. The average Bonchev–Trinajstić information content (AvgIpc) is 3.15. The molecule has 2 aromatic rings. The molecule has 2 aromatic carbocycles. The summed E-state index contributed by atoms with van der Waals surface area (Å²) < 4.78 is 16.0. The molecule has 1 heterocycles. The molecule has 0 unspecified atom stereocenters. The molecule has 6 heteroatoms. The van der Waals surface area contributed by atoms with Crippen molar-refractivity contribution in [2.75, 3.05) is 27.0 Å². The standard InChI is InChI=1S/C21H27N3O3/c1-21(2,16-6-9-18-19(12-16)27-14-26-18)13-24-20(22)23-11-10-15-4-7-17(25-3)8-5-15/h4-9,12H,10-11,13-14H2,1-3H3,(H3,22,23,24). The number of nitrogens with zero attached hydrogens (tertiary/aromatic N) is 1. The van der Waals surface area contributed by atoms with Gasteiger partial charge in [-0.15, -0.1) is 0 Å². The number of benzene rings is 2. The summed E-state index contributed by atoms with van der Waals surface area (Å²) in [6.45, 7) is 5.86.